The summed E-state index contributed by atoms with van der Waals surface area (Å²) in [6, 6.07) is 30.8. The highest BCUT2D eigenvalue weighted by atomic mass is 16.5. The van der Waals surface area contributed by atoms with Gasteiger partial charge in [0.1, 0.15) is 5.75 Å². The summed E-state index contributed by atoms with van der Waals surface area (Å²) in [5, 5.41) is 0. The minimum atomic E-state index is 0.832. The summed E-state index contributed by atoms with van der Waals surface area (Å²) in [7, 11) is 1.67. The van der Waals surface area contributed by atoms with Crippen LogP contribution in [0.3, 0.4) is 0 Å². The predicted molar refractivity (Wildman–Crippen MR) is 119 cm³/mol. The molecule has 2 aliphatic rings. The number of hydrogen-bond acceptors (Lipinski definition) is 2. The van der Waals surface area contributed by atoms with Crippen molar-refractivity contribution in [1.82, 2.24) is 0 Å². The number of methoxy groups -OCH3 is 1. The molecule has 2 aromatic rings. The highest BCUT2D eigenvalue weighted by molar-refractivity contribution is 5.98. The Labute approximate surface area is 165 Å². The van der Waals surface area contributed by atoms with E-state index in [1.807, 2.05) is 36.5 Å². The van der Waals surface area contributed by atoms with Crippen LogP contribution in [0.25, 0.3) is 23.3 Å². The van der Waals surface area contributed by atoms with Gasteiger partial charge in [0.25, 0.3) is 0 Å². The van der Waals surface area contributed by atoms with Gasteiger partial charge in [0, 0.05) is 11.8 Å². The highest BCUT2D eigenvalue weighted by Gasteiger charge is 2.11. The van der Waals surface area contributed by atoms with Crippen molar-refractivity contribution in [1.29, 1.82) is 0 Å². The summed E-state index contributed by atoms with van der Waals surface area (Å²) in [5.74, 6) is 0.832. The van der Waals surface area contributed by atoms with E-state index in [9.17, 15) is 0 Å². The average Bonchev–Trinajstić information content (AvgIpc) is 2.91. The summed E-state index contributed by atoms with van der Waals surface area (Å²) >= 11 is 0. The van der Waals surface area contributed by atoms with Gasteiger partial charge >= 0.3 is 0 Å². The lowest BCUT2D eigenvalue weighted by atomic mass is 10.1. The number of hydrogen-bond donors (Lipinski definition) is 0. The fraction of sp³-hybridized carbons (Fsp3) is 0.0385. The molecule has 136 valence electrons. The van der Waals surface area contributed by atoms with Gasteiger partial charge in [0.2, 0.25) is 0 Å². The summed E-state index contributed by atoms with van der Waals surface area (Å²) in [4.78, 5) is 4.65. The van der Waals surface area contributed by atoms with E-state index in [0.29, 0.717) is 0 Å². The van der Waals surface area contributed by atoms with Crippen LogP contribution in [0.15, 0.2) is 96.0 Å². The minimum absolute atomic E-state index is 0.832. The third-order valence-electron chi connectivity index (χ3n) is 4.65. The zero-order valence-corrected chi connectivity index (χ0v) is 15.7. The first-order chi connectivity index (χ1) is 13.8. The normalized spacial score (nSPS) is 11.5. The molecule has 0 atom stereocenters. The second kappa shape index (κ2) is 8.36. The van der Waals surface area contributed by atoms with E-state index in [4.69, 9.17) is 4.74 Å². The van der Waals surface area contributed by atoms with Gasteiger partial charge in [-0.15, -0.1) is 0 Å². The molecule has 0 bridgehead atoms. The van der Waals surface area contributed by atoms with Crippen LogP contribution in [0, 0.1) is 0 Å². The molecule has 0 N–H and O–H groups in total. The van der Waals surface area contributed by atoms with Crippen molar-refractivity contribution in [3.05, 3.63) is 108 Å². The third-order valence-corrected chi connectivity index (χ3v) is 4.65. The molecule has 0 aromatic heterocycles. The molecular weight excluding hydrogens is 342 g/mol. The predicted octanol–water partition coefficient (Wildman–Crippen LogP) is 6.72. The Morgan fingerprint density at radius 2 is 1.32 bits per heavy atom. The highest BCUT2D eigenvalue weighted by Crippen LogP contribution is 2.32. The van der Waals surface area contributed by atoms with Gasteiger partial charge in [0.15, 0.2) is 0 Å². The van der Waals surface area contributed by atoms with Crippen molar-refractivity contribution in [2.24, 2.45) is 4.99 Å². The molecule has 0 fully saturated rings. The Morgan fingerprint density at radius 3 is 2.00 bits per heavy atom. The van der Waals surface area contributed by atoms with Gasteiger partial charge in [-0.05, 0) is 52.6 Å². The molecule has 0 radical (unpaired) electrons. The van der Waals surface area contributed by atoms with Gasteiger partial charge in [-0.3, -0.25) is 4.99 Å². The summed E-state index contributed by atoms with van der Waals surface area (Å²) < 4.78 is 5.21. The van der Waals surface area contributed by atoms with Crippen LogP contribution >= 0.6 is 0 Å². The first kappa shape index (κ1) is 17.7. The van der Waals surface area contributed by atoms with Crippen LogP contribution < -0.4 is 4.74 Å². The molecule has 2 aromatic carbocycles. The maximum atomic E-state index is 5.21. The molecule has 0 aliphatic heterocycles. The first-order valence-corrected chi connectivity index (χ1v) is 9.26. The monoisotopic (exact) mass is 363 g/mol. The Bertz CT molecular complexity index is 1080. The van der Waals surface area contributed by atoms with Crippen molar-refractivity contribution < 1.29 is 4.74 Å². The van der Waals surface area contributed by atoms with Crippen LogP contribution in [0.2, 0.25) is 0 Å². The van der Waals surface area contributed by atoms with Gasteiger partial charge in [-0.1, -0.05) is 72.8 Å². The molecule has 2 nitrogen and oxygen atoms in total. The lowest BCUT2D eigenvalue weighted by Crippen LogP contribution is -1.81. The number of rotatable bonds is 5. The third kappa shape index (κ3) is 4.02. The second-order valence-corrected chi connectivity index (χ2v) is 6.49. The van der Waals surface area contributed by atoms with Crippen molar-refractivity contribution in [3.8, 4) is 16.9 Å². The van der Waals surface area contributed by atoms with E-state index >= 15 is 0 Å². The van der Waals surface area contributed by atoms with Crippen molar-refractivity contribution in [2.45, 2.75) is 0 Å². The van der Waals surface area contributed by atoms with Gasteiger partial charge in [-0.2, -0.15) is 0 Å². The minimum Gasteiger partial charge on any atom is -0.497 e. The number of benzene rings is 2. The quantitative estimate of drug-likeness (QED) is 0.361. The molecule has 0 saturated heterocycles. The molecule has 28 heavy (non-hydrogen) atoms. The lowest BCUT2D eigenvalue weighted by molar-refractivity contribution is 0.415. The molecule has 0 heterocycles. The van der Waals surface area contributed by atoms with E-state index < -0.39 is 0 Å². The fourth-order valence-electron chi connectivity index (χ4n) is 3.18. The Hall–Kier alpha value is -3.65. The lowest BCUT2D eigenvalue weighted by Gasteiger charge is -1.99. The van der Waals surface area contributed by atoms with E-state index in [1.54, 1.807) is 7.11 Å². The summed E-state index contributed by atoms with van der Waals surface area (Å²) in [6.45, 7) is 0. The number of ether oxygens (including phenoxy) is 1. The molecule has 2 aliphatic carbocycles. The van der Waals surface area contributed by atoms with Gasteiger partial charge in [-0.25, -0.2) is 0 Å². The van der Waals surface area contributed by atoms with Crippen LogP contribution in [-0.2, 0) is 0 Å². The number of nitrogens with zero attached hydrogens (tertiary/aromatic N) is 1. The van der Waals surface area contributed by atoms with E-state index in [-0.39, 0.29) is 0 Å². The maximum Gasteiger partial charge on any atom is 0.119 e. The van der Waals surface area contributed by atoms with Crippen LogP contribution in [0.4, 0.5) is 5.69 Å². The van der Waals surface area contributed by atoms with Crippen LogP contribution in [0.5, 0.6) is 5.75 Å². The van der Waals surface area contributed by atoms with Crippen molar-refractivity contribution in [3.63, 3.8) is 0 Å². The Morgan fingerprint density at radius 1 is 0.679 bits per heavy atom. The fourth-order valence-corrected chi connectivity index (χ4v) is 3.18. The summed E-state index contributed by atoms with van der Waals surface area (Å²) in [5.41, 5.74) is 6.78. The molecule has 4 rings (SSSR count). The van der Waals surface area contributed by atoms with Crippen molar-refractivity contribution in [2.75, 3.05) is 7.11 Å². The Kier molecular flexibility index (Phi) is 5.30. The van der Waals surface area contributed by atoms with Crippen molar-refractivity contribution >= 4 is 24.1 Å². The molecule has 0 unspecified atom stereocenters. The number of aliphatic imine (C=N–C) groups is 1. The van der Waals surface area contributed by atoms with E-state index in [1.165, 1.54) is 22.3 Å². The van der Waals surface area contributed by atoms with Gasteiger partial charge < -0.3 is 4.74 Å². The number of fused-ring (bicyclic) bond motifs is 1. The first-order valence-electron chi connectivity index (χ1n) is 9.26. The maximum absolute atomic E-state index is 5.21. The standard InChI is InChI=1S/C26H21NO/c1-28-24-16-14-23(15-17-24)27-19-22-18-21(13-12-20-8-4-2-5-9-20)25-10-6-3-7-11-26(22)25/h2-19H,1H3/b13-12+,27-19?. The molecular formula is C26H21NO. The molecule has 0 saturated carbocycles. The second-order valence-electron chi connectivity index (χ2n) is 6.49. The van der Waals surface area contributed by atoms with E-state index in [2.05, 4.69) is 77.8 Å². The summed E-state index contributed by atoms with van der Waals surface area (Å²) in [6.07, 6.45) is 6.25. The van der Waals surface area contributed by atoms with Crippen LogP contribution in [-0.4, -0.2) is 13.3 Å². The molecule has 2 heteroatoms. The van der Waals surface area contributed by atoms with Gasteiger partial charge in [0.05, 0.1) is 12.8 Å². The molecule has 0 amide bonds. The molecule has 0 spiro atoms. The zero-order valence-electron chi connectivity index (χ0n) is 15.7. The van der Waals surface area contributed by atoms with E-state index in [0.717, 1.165) is 17.0 Å². The SMILES string of the molecule is COc1ccc(N=Cc2cc(/C=C/c3ccccc3)c3cccccc2-3)cc1. The topological polar surface area (TPSA) is 21.6 Å². The smallest absolute Gasteiger partial charge is 0.119 e. The Balaban J connectivity index is 1.68. The largest absolute Gasteiger partial charge is 0.497 e. The van der Waals surface area contributed by atoms with Crippen LogP contribution in [0.1, 0.15) is 16.7 Å². The average molecular weight is 363 g/mol. The zero-order chi connectivity index (χ0) is 19.2.